The van der Waals surface area contributed by atoms with Gasteiger partial charge in [-0.15, -0.1) is 0 Å². The molecule has 0 bridgehead atoms. The summed E-state index contributed by atoms with van der Waals surface area (Å²) >= 11 is 0. The third kappa shape index (κ3) is 3.66. The van der Waals surface area contributed by atoms with Crippen LogP contribution >= 0.6 is 0 Å². The van der Waals surface area contributed by atoms with Crippen LogP contribution in [0.4, 0.5) is 5.82 Å². The Morgan fingerprint density at radius 2 is 1.93 bits per heavy atom. The summed E-state index contributed by atoms with van der Waals surface area (Å²) in [6.07, 6.45) is 5.18. The summed E-state index contributed by atoms with van der Waals surface area (Å²) in [5.41, 5.74) is 1.79. The van der Waals surface area contributed by atoms with Crippen LogP contribution < -0.4 is 15.7 Å². The predicted molar refractivity (Wildman–Crippen MR) is 111 cm³/mol. The minimum atomic E-state index is -0.00988. The molecule has 1 saturated carbocycles. The number of ether oxygens (including phenoxy) is 1. The van der Waals surface area contributed by atoms with Crippen molar-refractivity contribution in [2.45, 2.75) is 32.2 Å². The summed E-state index contributed by atoms with van der Waals surface area (Å²) in [6, 6.07) is 7.51. The number of imidazole rings is 1. The van der Waals surface area contributed by atoms with Crippen LogP contribution in [0.1, 0.15) is 25.7 Å². The molecule has 0 saturated heterocycles. The molecule has 2 heterocycles. The van der Waals surface area contributed by atoms with Crippen LogP contribution in [0.15, 0.2) is 35.3 Å². The molecule has 154 valence electrons. The average molecular weight is 397 g/mol. The summed E-state index contributed by atoms with van der Waals surface area (Å²) in [5, 5.41) is 7.04. The van der Waals surface area contributed by atoms with Crippen molar-refractivity contribution >= 4 is 22.8 Å². The molecule has 1 aromatic carbocycles. The van der Waals surface area contributed by atoms with E-state index in [1.807, 2.05) is 29.8 Å². The Morgan fingerprint density at radius 3 is 2.59 bits per heavy atom. The van der Waals surface area contributed by atoms with Crippen LogP contribution in [-0.2, 0) is 25.4 Å². The first-order valence-electron chi connectivity index (χ1n) is 10.00. The number of aromatic nitrogens is 4. The number of aryl methyl sites for hydroxylation is 2. The number of carbonyl (C=O) groups is 1. The standard InChI is InChI=1S/C21H27N5O3/c1-24-17-9-8-16(29-3)12-18(17)26(21(24)28)13-14-4-6-15(7-5-14)20(27)23-19-10-11-22-25(19)2/h8-12,14-15H,4-7,13H2,1-3H3,(H,23,27). The molecule has 29 heavy (non-hydrogen) atoms. The number of benzene rings is 1. The fourth-order valence-electron chi connectivity index (χ4n) is 4.28. The molecule has 0 spiro atoms. The van der Waals surface area contributed by atoms with Gasteiger partial charge in [0.1, 0.15) is 11.6 Å². The van der Waals surface area contributed by atoms with E-state index in [1.54, 1.807) is 35.7 Å². The predicted octanol–water partition coefficient (Wildman–Crippen LogP) is 2.53. The summed E-state index contributed by atoms with van der Waals surface area (Å²) in [4.78, 5) is 25.3. The summed E-state index contributed by atoms with van der Waals surface area (Å²) in [7, 11) is 5.24. The molecule has 0 unspecified atom stereocenters. The molecule has 1 amide bonds. The summed E-state index contributed by atoms with van der Waals surface area (Å²) in [6.45, 7) is 0.666. The molecule has 0 atom stereocenters. The lowest BCUT2D eigenvalue weighted by Gasteiger charge is -2.28. The molecule has 1 N–H and O–H groups in total. The first-order chi connectivity index (χ1) is 14.0. The lowest BCUT2D eigenvalue weighted by atomic mass is 9.81. The van der Waals surface area contributed by atoms with Gasteiger partial charge in [0, 0.05) is 38.7 Å². The minimum absolute atomic E-state index is 0.00508. The summed E-state index contributed by atoms with van der Waals surface area (Å²) in [5.74, 6) is 1.90. The highest BCUT2D eigenvalue weighted by molar-refractivity contribution is 5.91. The average Bonchev–Trinajstić information content (AvgIpc) is 3.24. The highest BCUT2D eigenvalue weighted by Gasteiger charge is 2.28. The van der Waals surface area contributed by atoms with Gasteiger partial charge in [0.25, 0.3) is 0 Å². The zero-order valence-electron chi connectivity index (χ0n) is 17.1. The van der Waals surface area contributed by atoms with Gasteiger partial charge in [0.15, 0.2) is 0 Å². The van der Waals surface area contributed by atoms with Crippen LogP contribution in [0.2, 0.25) is 0 Å². The van der Waals surface area contributed by atoms with Gasteiger partial charge in [0.2, 0.25) is 5.91 Å². The van der Waals surface area contributed by atoms with Crippen LogP contribution in [0.3, 0.4) is 0 Å². The normalized spacial score (nSPS) is 19.4. The molecule has 4 rings (SSSR count). The van der Waals surface area contributed by atoms with E-state index in [1.165, 1.54) is 0 Å². The van der Waals surface area contributed by atoms with Gasteiger partial charge < -0.3 is 10.1 Å². The molecule has 8 heteroatoms. The number of nitrogens with zero attached hydrogens (tertiary/aromatic N) is 4. The van der Waals surface area contributed by atoms with Gasteiger partial charge in [-0.25, -0.2) is 4.79 Å². The van der Waals surface area contributed by atoms with Crippen LogP contribution in [0.5, 0.6) is 5.75 Å². The van der Waals surface area contributed by atoms with E-state index in [0.717, 1.165) is 42.5 Å². The quantitative estimate of drug-likeness (QED) is 0.717. The Bertz CT molecular complexity index is 1090. The Labute approximate surface area is 169 Å². The molecule has 1 fully saturated rings. The van der Waals surface area contributed by atoms with E-state index in [-0.39, 0.29) is 17.5 Å². The number of methoxy groups -OCH3 is 1. The molecule has 1 aliphatic carbocycles. The number of hydrogen-bond acceptors (Lipinski definition) is 4. The maximum Gasteiger partial charge on any atom is 0.328 e. The van der Waals surface area contributed by atoms with Gasteiger partial charge in [-0.1, -0.05) is 0 Å². The second kappa shape index (κ2) is 7.77. The smallest absolute Gasteiger partial charge is 0.328 e. The van der Waals surface area contributed by atoms with Crippen molar-refractivity contribution in [1.29, 1.82) is 0 Å². The van der Waals surface area contributed by atoms with Crippen LogP contribution in [0.25, 0.3) is 11.0 Å². The van der Waals surface area contributed by atoms with Crippen molar-refractivity contribution in [3.63, 3.8) is 0 Å². The molecular formula is C21H27N5O3. The molecule has 3 aromatic rings. The monoisotopic (exact) mass is 397 g/mol. The molecule has 1 aliphatic rings. The highest BCUT2D eigenvalue weighted by atomic mass is 16.5. The molecule has 2 aromatic heterocycles. The minimum Gasteiger partial charge on any atom is -0.497 e. The van der Waals surface area contributed by atoms with E-state index >= 15 is 0 Å². The second-order valence-electron chi connectivity index (χ2n) is 7.85. The van der Waals surface area contributed by atoms with E-state index in [0.29, 0.717) is 18.3 Å². The van der Waals surface area contributed by atoms with Crippen LogP contribution in [-0.4, -0.2) is 31.9 Å². The van der Waals surface area contributed by atoms with Crippen molar-refractivity contribution in [3.05, 3.63) is 40.9 Å². The summed E-state index contributed by atoms with van der Waals surface area (Å²) < 4.78 is 10.5. The second-order valence-corrected chi connectivity index (χ2v) is 7.85. The maximum atomic E-state index is 12.8. The van der Waals surface area contributed by atoms with Crippen molar-refractivity contribution in [1.82, 2.24) is 18.9 Å². The Hall–Kier alpha value is -3.03. The fourth-order valence-corrected chi connectivity index (χ4v) is 4.28. The Morgan fingerprint density at radius 1 is 1.17 bits per heavy atom. The lowest BCUT2D eigenvalue weighted by molar-refractivity contribution is -0.121. The zero-order chi connectivity index (χ0) is 20.5. The van der Waals surface area contributed by atoms with Gasteiger partial charge in [-0.2, -0.15) is 5.10 Å². The van der Waals surface area contributed by atoms with Gasteiger partial charge >= 0.3 is 5.69 Å². The largest absolute Gasteiger partial charge is 0.497 e. The van der Waals surface area contributed by atoms with Crippen molar-refractivity contribution in [2.75, 3.05) is 12.4 Å². The van der Waals surface area contributed by atoms with Gasteiger partial charge in [-0.3, -0.25) is 18.6 Å². The van der Waals surface area contributed by atoms with Gasteiger partial charge in [0.05, 0.1) is 24.3 Å². The van der Waals surface area contributed by atoms with E-state index in [2.05, 4.69) is 10.4 Å². The van der Waals surface area contributed by atoms with E-state index < -0.39 is 0 Å². The molecule has 0 aliphatic heterocycles. The van der Waals surface area contributed by atoms with Crippen molar-refractivity contribution < 1.29 is 9.53 Å². The SMILES string of the molecule is COc1ccc2c(c1)n(CC1CCC(C(=O)Nc3ccnn3C)CC1)c(=O)n2C. The molecule has 0 radical (unpaired) electrons. The number of hydrogen-bond donors (Lipinski definition) is 1. The molecule has 8 nitrogen and oxygen atoms in total. The van der Waals surface area contributed by atoms with Crippen LogP contribution in [0, 0.1) is 11.8 Å². The van der Waals surface area contributed by atoms with Crippen molar-refractivity contribution in [2.24, 2.45) is 25.9 Å². The maximum absolute atomic E-state index is 12.8. The lowest BCUT2D eigenvalue weighted by Crippen LogP contribution is -2.31. The van der Waals surface area contributed by atoms with E-state index in [9.17, 15) is 9.59 Å². The number of rotatable bonds is 5. The Kier molecular flexibility index (Phi) is 5.17. The third-order valence-corrected chi connectivity index (χ3v) is 6.08. The molecular weight excluding hydrogens is 370 g/mol. The number of anilines is 1. The highest BCUT2D eigenvalue weighted by Crippen LogP contribution is 2.31. The third-order valence-electron chi connectivity index (χ3n) is 6.08. The number of carbonyl (C=O) groups excluding carboxylic acids is 1. The zero-order valence-corrected chi connectivity index (χ0v) is 17.1. The van der Waals surface area contributed by atoms with E-state index in [4.69, 9.17) is 4.74 Å². The number of fused-ring (bicyclic) bond motifs is 1. The first kappa shape index (κ1) is 19.3. The topological polar surface area (TPSA) is 83.1 Å². The number of nitrogens with one attached hydrogen (secondary N) is 1. The first-order valence-corrected chi connectivity index (χ1v) is 10.00. The van der Waals surface area contributed by atoms with Crippen molar-refractivity contribution in [3.8, 4) is 5.75 Å². The Balaban J connectivity index is 1.43. The van der Waals surface area contributed by atoms with Gasteiger partial charge in [-0.05, 0) is 43.7 Å². The fraction of sp³-hybridized carbons (Fsp3) is 0.476. The number of amides is 1.